The number of morpholine rings is 1. The van der Waals surface area contributed by atoms with Crippen LogP contribution in [-0.4, -0.2) is 61.6 Å². The number of carbonyl (C=O) groups excluding carboxylic acids is 1. The Kier molecular flexibility index (Phi) is 4.77. The molecule has 21 heavy (non-hydrogen) atoms. The molecule has 0 aliphatic carbocycles. The second-order valence-corrected chi connectivity index (χ2v) is 5.42. The molecule has 0 radical (unpaired) electrons. The first kappa shape index (κ1) is 15.3. The van der Waals surface area contributed by atoms with Crippen LogP contribution >= 0.6 is 0 Å². The number of nitrogens with two attached hydrogens (primary N) is 1. The summed E-state index contributed by atoms with van der Waals surface area (Å²) in [5, 5.41) is 13.6. The number of ether oxygens (including phenoxy) is 1. The molecule has 0 aromatic heterocycles. The quantitative estimate of drug-likeness (QED) is 0.237. The SMILES string of the molecule is C[N+]1(CC(=O)N/N=C/c2cccc(N)c2O)CCOCC1. The molecule has 0 saturated carbocycles. The van der Waals surface area contributed by atoms with Gasteiger partial charge in [-0.3, -0.25) is 4.79 Å². The summed E-state index contributed by atoms with van der Waals surface area (Å²) in [4.78, 5) is 11.9. The van der Waals surface area contributed by atoms with E-state index in [1.54, 1.807) is 18.2 Å². The summed E-state index contributed by atoms with van der Waals surface area (Å²) in [6.45, 7) is 3.32. The summed E-state index contributed by atoms with van der Waals surface area (Å²) in [7, 11) is 2.02. The van der Waals surface area contributed by atoms with Gasteiger partial charge in [0.05, 0.1) is 32.2 Å². The molecule has 1 aromatic rings. The Morgan fingerprint density at radius 1 is 1.52 bits per heavy atom. The van der Waals surface area contributed by atoms with Crippen LogP contribution < -0.4 is 11.2 Å². The highest BCUT2D eigenvalue weighted by molar-refractivity contribution is 5.87. The monoisotopic (exact) mass is 293 g/mol. The van der Waals surface area contributed by atoms with Gasteiger partial charge in [0.1, 0.15) is 18.8 Å². The zero-order valence-electron chi connectivity index (χ0n) is 12.1. The lowest BCUT2D eigenvalue weighted by molar-refractivity contribution is -0.909. The molecule has 1 aromatic carbocycles. The van der Waals surface area contributed by atoms with E-state index in [4.69, 9.17) is 10.5 Å². The Hall–Kier alpha value is -2.12. The molecule has 1 fully saturated rings. The minimum Gasteiger partial charge on any atom is -0.505 e. The van der Waals surface area contributed by atoms with Crippen LogP contribution in [0, 0.1) is 0 Å². The topological polar surface area (TPSA) is 96.9 Å². The first-order valence-electron chi connectivity index (χ1n) is 6.81. The molecule has 0 unspecified atom stereocenters. The van der Waals surface area contributed by atoms with Crippen molar-refractivity contribution in [2.75, 3.05) is 45.6 Å². The standard InChI is InChI=1S/C14H20N4O3/c1-18(5-7-21-8-6-18)10-13(19)17-16-9-11-3-2-4-12(15)14(11)20/h2-4,9H,5-8,10,15H2,1H3,(H-,16,17,19,20)/p+1. The number of benzene rings is 1. The number of rotatable bonds is 4. The van der Waals surface area contributed by atoms with Gasteiger partial charge >= 0.3 is 0 Å². The van der Waals surface area contributed by atoms with Gasteiger partial charge in [-0.2, -0.15) is 5.10 Å². The van der Waals surface area contributed by atoms with Crippen molar-refractivity contribution < 1.29 is 19.1 Å². The second-order valence-electron chi connectivity index (χ2n) is 5.42. The van der Waals surface area contributed by atoms with Crippen molar-refractivity contribution in [3.8, 4) is 5.75 Å². The van der Waals surface area contributed by atoms with E-state index in [9.17, 15) is 9.90 Å². The van der Waals surface area contributed by atoms with Crippen LogP contribution in [0.15, 0.2) is 23.3 Å². The number of nitrogen functional groups attached to an aromatic ring is 1. The van der Waals surface area contributed by atoms with E-state index in [0.717, 1.165) is 13.1 Å². The summed E-state index contributed by atoms with van der Waals surface area (Å²) in [6.07, 6.45) is 1.38. The van der Waals surface area contributed by atoms with Crippen molar-refractivity contribution >= 4 is 17.8 Å². The van der Waals surface area contributed by atoms with E-state index >= 15 is 0 Å². The number of aromatic hydroxyl groups is 1. The van der Waals surface area contributed by atoms with Crippen LogP contribution in [0.3, 0.4) is 0 Å². The van der Waals surface area contributed by atoms with E-state index in [-0.39, 0.29) is 17.3 Å². The van der Waals surface area contributed by atoms with E-state index in [2.05, 4.69) is 10.5 Å². The summed E-state index contributed by atoms with van der Waals surface area (Å²) in [6, 6.07) is 4.96. The summed E-state index contributed by atoms with van der Waals surface area (Å²) >= 11 is 0. The van der Waals surface area contributed by atoms with Gasteiger partial charge in [0.15, 0.2) is 6.54 Å². The van der Waals surface area contributed by atoms with Gasteiger partial charge in [0.25, 0.3) is 5.91 Å². The Labute approximate surface area is 123 Å². The van der Waals surface area contributed by atoms with Gasteiger partial charge in [0.2, 0.25) is 0 Å². The lowest BCUT2D eigenvalue weighted by Gasteiger charge is -2.36. The highest BCUT2D eigenvalue weighted by atomic mass is 16.5. The van der Waals surface area contributed by atoms with Crippen LogP contribution in [0.1, 0.15) is 5.56 Å². The molecule has 1 saturated heterocycles. The van der Waals surface area contributed by atoms with Gasteiger partial charge < -0.3 is 20.1 Å². The maximum absolute atomic E-state index is 11.9. The fourth-order valence-electron chi connectivity index (χ4n) is 2.18. The van der Waals surface area contributed by atoms with E-state index in [1.165, 1.54) is 6.21 Å². The molecule has 0 spiro atoms. The highest BCUT2D eigenvalue weighted by Gasteiger charge is 2.27. The highest BCUT2D eigenvalue weighted by Crippen LogP contribution is 2.22. The molecule has 1 aliphatic heterocycles. The third-order valence-electron chi connectivity index (χ3n) is 3.57. The van der Waals surface area contributed by atoms with Crippen molar-refractivity contribution in [1.29, 1.82) is 0 Å². The zero-order valence-corrected chi connectivity index (χ0v) is 12.1. The zero-order chi connectivity index (χ0) is 15.3. The van der Waals surface area contributed by atoms with Crippen LogP contribution in [0.5, 0.6) is 5.75 Å². The first-order valence-corrected chi connectivity index (χ1v) is 6.81. The van der Waals surface area contributed by atoms with Gasteiger partial charge in [-0.15, -0.1) is 0 Å². The van der Waals surface area contributed by atoms with E-state index in [1.807, 2.05) is 7.05 Å². The summed E-state index contributed by atoms with van der Waals surface area (Å²) in [5.74, 6) is -0.207. The number of hydrogen-bond acceptors (Lipinski definition) is 5. The number of phenols is 1. The third-order valence-corrected chi connectivity index (χ3v) is 3.57. The minimum absolute atomic E-state index is 0.0392. The number of phenolic OH excluding ortho intramolecular Hbond substituents is 1. The van der Waals surface area contributed by atoms with Gasteiger partial charge in [-0.05, 0) is 12.1 Å². The third kappa shape index (κ3) is 4.17. The first-order chi connectivity index (χ1) is 10.0. The Morgan fingerprint density at radius 3 is 2.95 bits per heavy atom. The number of carbonyl (C=O) groups is 1. The largest absolute Gasteiger partial charge is 0.505 e. The fraction of sp³-hybridized carbons (Fsp3) is 0.429. The Balaban J connectivity index is 1.88. The molecule has 1 heterocycles. The molecule has 7 heteroatoms. The predicted molar refractivity (Wildman–Crippen MR) is 79.9 cm³/mol. The Bertz CT molecular complexity index is 539. The van der Waals surface area contributed by atoms with Crippen LogP contribution in [-0.2, 0) is 9.53 Å². The maximum Gasteiger partial charge on any atom is 0.295 e. The van der Waals surface area contributed by atoms with Crippen molar-refractivity contribution in [1.82, 2.24) is 5.43 Å². The number of anilines is 1. The molecule has 0 atom stereocenters. The number of hydrogen-bond donors (Lipinski definition) is 3. The van der Waals surface area contributed by atoms with Crippen LogP contribution in [0.4, 0.5) is 5.69 Å². The minimum atomic E-state index is -0.168. The molecule has 7 nitrogen and oxygen atoms in total. The molecular formula is C14H21N4O3+. The molecule has 0 bridgehead atoms. The lowest BCUT2D eigenvalue weighted by Crippen LogP contribution is -2.55. The summed E-state index contributed by atoms with van der Waals surface area (Å²) < 4.78 is 5.94. The van der Waals surface area contributed by atoms with Crippen molar-refractivity contribution in [3.05, 3.63) is 23.8 Å². The fourth-order valence-corrected chi connectivity index (χ4v) is 2.18. The number of para-hydroxylation sites is 1. The number of nitrogens with one attached hydrogen (secondary N) is 1. The number of hydrazone groups is 1. The predicted octanol–water partition coefficient (Wildman–Crippen LogP) is -0.0987. The number of amides is 1. The number of likely N-dealkylation sites (N-methyl/N-ethyl adjacent to an activating group) is 1. The molecule has 1 aliphatic rings. The molecule has 2 rings (SSSR count). The van der Waals surface area contributed by atoms with Gasteiger partial charge in [-0.1, -0.05) is 6.07 Å². The number of nitrogens with zero attached hydrogens (tertiary/aromatic N) is 2. The van der Waals surface area contributed by atoms with Crippen LogP contribution in [0.2, 0.25) is 0 Å². The van der Waals surface area contributed by atoms with E-state index < -0.39 is 0 Å². The van der Waals surface area contributed by atoms with Crippen molar-refractivity contribution in [2.45, 2.75) is 0 Å². The average molecular weight is 293 g/mol. The van der Waals surface area contributed by atoms with Gasteiger partial charge in [-0.25, -0.2) is 5.43 Å². The normalized spacial score (nSPS) is 17.8. The summed E-state index contributed by atoms with van der Waals surface area (Å²) in [5.41, 5.74) is 8.79. The van der Waals surface area contributed by atoms with Crippen molar-refractivity contribution in [2.24, 2.45) is 5.10 Å². The van der Waals surface area contributed by atoms with Crippen molar-refractivity contribution in [3.63, 3.8) is 0 Å². The Morgan fingerprint density at radius 2 is 2.24 bits per heavy atom. The molecular weight excluding hydrogens is 272 g/mol. The van der Waals surface area contributed by atoms with Gasteiger partial charge in [0, 0.05) is 5.56 Å². The average Bonchev–Trinajstić information content (AvgIpc) is 2.44. The smallest absolute Gasteiger partial charge is 0.295 e. The van der Waals surface area contributed by atoms with Crippen LogP contribution in [0.25, 0.3) is 0 Å². The second kappa shape index (κ2) is 6.55. The molecule has 114 valence electrons. The van der Waals surface area contributed by atoms with E-state index in [0.29, 0.717) is 29.8 Å². The lowest BCUT2D eigenvalue weighted by atomic mass is 10.2. The molecule has 4 N–H and O–H groups in total. The molecule has 1 amide bonds. The number of quaternary nitrogens is 1. The maximum atomic E-state index is 11.9.